The SMILES string of the molecule is O=C(NCCc1ccc2c(c1)OCO2)[C@@H]1CCC2=Nc3ccccc3CN21. The van der Waals surface area contributed by atoms with Crippen LogP contribution in [0.3, 0.4) is 0 Å². The molecule has 1 N–H and O–H groups in total. The fourth-order valence-electron chi connectivity index (χ4n) is 3.96. The summed E-state index contributed by atoms with van der Waals surface area (Å²) in [6.07, 6.45) is 2.44. The van der Waals surface area contributed by atoms with E-state index in [1.165, 1.54) is 5.56 Å². The number of aliphatic imine (C=N–C) groups is 1. The fraction of sp³-hybridized carbons (Fsp3) is 0.333. The van der Waals surface area contributed by atoms with Crippen LogP contribution in [0.1, 0.15) is 24.0 Å². The summed E-state index contributed by atoms with van der Waals surface area (Å²) in [5.41, 5.74) is 3.34. The Bertz CT molecular complexity index is 925. The molecule has 0 aromatic heterocycles. The van der Waals surface area contributed by atoms with E-state index in [0.29, 0.717) is 6.54 Å². The minimum atomic E-state index is -0.131. The Morgan fingerprint density at radius 2 is 2.07 bits per heavy atom. The van der Waals surface area contributed by atoms with Crippen LogP contribution in [0.15, 0.2) is 47.5 Å². The number of nitrogens with zero attached hydrogens (tertiary/aromatic N) is 2. The number of hydrogen-bond donors (Lipinski definition) is 1. The van der Waals surface area contributed by atoms with Gasteiger partial charge < -0.3 is 19.7 Å². The molecular weight excluding hydrogens is 342 g/mol. The normalized spacial score (nSPS) is 19.3. The van der Waals surface area contributed by atoms with Gasteiger partial charge in [0.1, 0.15) is 11.9 Å². The van der Waals surface area contributed by atoms with Gasteiger partial charge in [0, 0.05) is 19.5 Å². The summed E-state index contributed by atoms with van der Waals surface area (Å²) < 4.78 is 10.7. The molecular formula is C21H21N3O3. The molecule has 0 radical (unpaired) electrons. The third kappa shape index (κ3) is 3.01. The van der Waals surface area contributed by atoms with Gasteiger partial charge in [-0.3, -0.25) is 4.79 Å². The maximum absolute atomic E-state index is 12.7. The molecule has 0 saturated carbocycles. The van der Waals surface area contributed by atoms with Crippen molar-refractivity contribution in [1.29, 1.82) is 0 Å². The van der Waals surface area contributed by atoms with Crippen molar-refractivity contribution in [1.82, 2.24) is 10.2 Å². The van der Waals surface area contributed by atoms with E-state index in [4.69, 9.17) is 14.5 Å². The zero-order chi connectivity index (χ0) is 18.2. The van der Waals surface area contributed by atoms with Gasteiger partial charge in [-0.05, 0) is 42.2 Å². The molecule has 1 atom stereocenters. The van der Waals surface area contributed by atoms with Crippen LogP contribution >= 0.6 is 0 Å². The smallest absolute Gasteiger partial charge is 0.242 e. The van der Waals surface area contributed by atoms with E-state index in [0.717, 1.165) is 54.4 Å². The second kappa shape index (κ2) is 6.61. The number of fused-ring (bicyclic) bond motifs is 3. The molecule has 5 rings (SSSR count). The van der Waals surface area contributed by atoms with Crippen molar-refractivity contribution < 1.29 is 14.3 Å². The van der Waals surface area contributed by atoms with Gasteiger partial charge in [0.05, 0.1) is 5.69 Å². The second-order valence-electron chi connectivity index (χ2n) is 7.07. The fourth-order valence-corrected chi connectivity index (χ4v) is 3.96. The van der Waals surface area contributed by atoms with Crippen molar-refractivity contribution >= 4 is 17.4 Å². The summed E-state index contributed by atoms with van der Waals surface area (Å²) in [6.45, 7) is 1.64. The van der Waals surface area contributed by atoms with Crippen molar-refractivity contribution in [2.75, 3.05) is 13.3 Å². The van der Waals surface area contributed by atoms with Gasteiger partial charge in [-0.15, -0.1) is 0 Å². The Labute approximate surface area is 157 Å². The van der Waals surface area contributed by atoms with Crippen molar-refractivity contribution in [3.05, 3.63) is 53.6 Å². The van der Waals surface area contributed by atoms with Gasteiger partial charge in [-0.25, -0.2) is 4.99 Å². The minimum absolute atomic E-state index is 0.0836. The predicted molar refractivity (Wildman–Crippen MR) is 101 cm³/mol. The Morgan fingerprint density at radius 1 is 1.19 bits per heavy atom. The van der Waals surface area contributed by atoms with Crippen molar-refractivity contribution in [3.8, 4) is 11.5 Å². The molecule has 0 aliphatic carbocycles. The highest BCUT2D eigenvalue weighted by Crippen LogP contribution is 2.34. The standard InChI is InChI=1S/C21H21N3O3/c25-21(22-10-9-14-5-7-18-19(11-14)27-13-26-18)17-6-8-20-23-16-4-2-1-3-15(16)12-24(17)20/h1-5,7,11,17H,6,8-10,12-13H2,(H,22,25)/t17-/m0/s1. The molecule has 3 aliphatic heterocycles. The average molecular weight is 363 g/mol. The molecule has 138 valence electrons. The number of rotatable bonds is 4. The quantitative estimate of drug-likeness (QED) is 0.907. The molecule has 3 aliphatic rings. The van der Waals surface area contributed by atoms with E-state index in [-0.39, 0.29) is 18.7 Å². The molecule has 0 bridgehead atoms. The highest BCUT2D eigenvalue weighted by molar-refractivity contribution is 5.95. The number of para-hydroxylation sites is 1. The molecule has 1 saturated heterocycles. The summed E-state index contributed by atoms with van der Waals surface area (Å²) in [7, 11) is 0. The largest absolute Gasteiger partial charge is 0.454 e. The monoisotopic (exact) mass is 363 g/mol. The first kappa shape index (κ1) is 16.2. The van der Waals surface area contributed by atoms with E-state index < -0.39 is 0 Å². The number of amidine groups is 1. The van der Waals surface area contributed by atoms with Crippen molar-refractivity contribution in [2.24, 2.45) is 4.99 Å². The first-order valence-corrected chi connectivity index (χ1v) is 9.36. The van der Waals surface area contributed by atoms with Gasteiger partial charge in [-0.1, -0.05) is 24.3 Å². The lowest BCUT2D eigenvalue weighted by Crippen LogP contribution is -2.45. The lowest BCUT2D eigenvalue weighted by atomic mass is 10.1. The Balaban J connectivity index is 1.20. The molecule has 2 aromatic carbocycles. The Morgan fingerprint density at radius 3 is 3.04 bits per heavy atom. The molecule has 6 heteroatoms. The average Bonchev–Trinajstić information content (AvgIpc) is 3.32. The number of carbonyl (C=O) groups is 1. The van der Waals surface area contributed by atoms with Crippen LogP contribution < -0.4 is 14.8 Å². The van der Waals surface area contributed by atoms with Crippen LogP contribution in [0, 0.1) is 0 Å². The van der Waals surface area contributed by atoms with Crippen LogP contribution in [-0.4, -0.2) is 36.0 Å². The van der Waals surface area contributed by atoms with E-state index in [1.807, 2.05) is 36.4 Å². The number of hydrogen-bond acceptors (Lipinski definition) is 5. The second-order valence-corrected chi connectivity index (χ2v) is 7.07. The van der Waals surface area contributed by atoms with E-state index >= 15 is 0 Å². The summed E-state index contributed by atoms with van der Waals surface area (Å²) >= 11 is 0. The highest BCUT2D eigenvalue weighted by atomic mass is 16.7. The van der Waals surface area contributed by atoms with Gasteiger partial charge in [0.15, 0.2) is 11.5 Å². The van der Waals surface area contributed by atoms with E-state index in [2.05, 4.69) is 16.3 Å². The van der Waals surface area contributed by atoms with Crippen molar-refractivity contribution in [3.63, 3.8) is 0 Å². The van der Waals surface area contributed by atoms with Gasteiger partial charge in [0.25, 0.3) is 0 Å². The lowest BCUT2D eigenvalue weighted by Gasteiger charge is -2.29. The first-order chi connectivity index (χ1) is 13.3. The molecule has 3 heterocycles. The van der Waals surface area contributed by atoms with Crippen LogP contribution in [0.2, 0.25) is 0 Å². The Hall–Kier alpha value is -3.02. The molecule has 1 fully saturated rings. The first-order valence-electron chi connectivity index (χ1n) is 9.36. The van der Waals surface area contributed by atoms with Crippen LogP contribution in [-0.2, 0) is 17.8 Å². The van der Waals surface area contributed by atoms with Gasteiger partial charge in [-0.2, -0.15) is 0 Å². The van der Waals surface area contributed by atoms with Crippen molar-refractivity contribution in [2.45, 2.75) is 31.8 Å². The molecule has 0 spiro atoms. The maximum atomic E-state index is 12.7. The van der Waals surface area contributed by atoms with Crippen LogP contribution in [0.5, 0.6) is 11.5 Å². The molecule has 6 nitrogen and oxygen atoms in total. The topological polar surface area (TPSA) is 63.2 Å². The summed E-state index contributed by atoms with van der Waals surface area (Å²) in [5, 5.41) is 3.09. The van der Waals surface area contributed by atoms with Gasteiger partial charge >= 0.3 is 0 Å². The van der Waals surface area contributed by atoms with Crippen LogP contribution in [0.4, 0.5) is 5.69 Å². The molecule has 1 amide bonds. The molecule has 27 heavy (non-hydrogen) atoms. The summed E-state index contributed by atoms with van der Waals surface area (Å²) in [5.74, 6) is 2.68. The number of benzene rings is 2. The molecule has 2 aromatic rings. The van der Waals surface area contributed by atoms with Crippen LogP contribution in [0.25, 0.3) is 0 Å². The van der Waals surface area contributed by atoms with E-state index in [1.54, 1.807) is 0 Å². The number of amides is 1. The Kier molecular flexibility index (Phi) is 3.96. The predicted octanol–water partition coefficient (Wildman–Crippen LogP) is 2.78. The number of nitrogens with one attached hydrogen (secondary N) is 1. The highest BCUT2D eigenvalue weighted by Gasteiger charge is 2.36. The third-order valence-corrected chi connectivity index (χ3v) is 5.38. The number of ether oxygens (including phenoxy) is 2. The minimum Gasteiger partial charge on any atom is -0.454 e. The maximum Gasteiger partial charge on any atom is 0.242 e. The zero-order valence-electron chi connectivity index (χ0n) is 15.0. The third-order valence-electron chi connectivity index (χ3n) is 5.38. The van der Waals surface area contributed by atoms with E-state index in [9.17, 15) is 4.79 Å². The number of carbonyl (C=O) groups excluding carboxylic acids is 1. The summed E-state index contributed by atoms with van der Waals surface area (Å²) in [6, 6.07) is 13.9. The molecule has 0 unspecified atom stereocenters. The summed E-state index contributed by atoms with van der Waals surface area (Å²) in [4.78, 5) is 19.6. The van der Waals surface area contributed by atoms with Gasteiger partial charge in [0.2, 0.25) is 12.7 Å². The zero-order valence-corrected chi connectivity index (χ0v) is 15.0. The lowest BCUT2D eigenvalue weighted by molar-refractivity contribution is -0.124.